The van der Waals surface area contributed by atoms with Crippen LogP contribution >= 0.6 is 0 Å². The summed E-state index contributed by atoms with van der Waals surface area (Å²) in [5.41, 5.74) is 0.364. The molecular formula is C20H15F4N5O. The Morgan fingerprint density at radius 3 is 2.60 bits per heavy atom. The highest BCUT2D eigenvalue weighted by molar-refractivity contribution is 6.06. The highest BCUT2D eigenvalue weighted by Crippen LogP contribution is 2.36. The molecule has 1 aliphatic heterocycles. The molecule has 1 aliphatic rings. The van der Waals surface area contributed by atoms with Crippen LogP contribution in [0.2, 0.25) is 0 Å². The lowest BCUT2D eigenvalue weighted by Gasteiger charge is -2.28. The van der Waals surface area contributed by atoms with Crippen molar-refractivity contribution in [3.8, 4) is 0 Å². The number of hydrogen-bond acceptors (Lipinski definition) is 4. The van der Waals surface area contributed by atoms with Crippen molar-refractivity contribution >= 4 is 17.5 Å². The van der Waals surface area contributed by atoms with Crippen LogP contribution in [-0.4, -0.2) is 20.7 Å². The number of benzene rings is 2. The molecule has 2 aromatic carbocycles. The second kappa shape index (κ2) is 7.29. The Hall–Kier alpha value is -3.69. The van der Waals surface area contributed by atoms with E-state index in [4.69, 9.17) is 0 Å². The maximum Gasteiger partial charge on any atom is 0.416 e. The van der Waals surface area contributed by atoms with Crippen molar-refractivity contribution in [2.24, 2.45) is 0 Å². The van der Waals surface area contributed by atoms with E-state index in [1.54, 1.807) is 6.92 Å². The van der Waals surface area contributed by atoms with Crippen LogP contribution in [0.4, 0.5) is 29.2 Å². The van der Waals surface area contributed by atoms with Crippen molar-refractivity contribution in [1.82, 2.24) is 14.8 Å². The van der Waals surface area contributed by atoms with E-state index < -0.39 is 29.5 Å². The minimum atomic E-state index is -4.53. The number of aromatic nitrogens is 3. The molecule has 3 aromatic rings. The number of fused-ring (bicyclic) bond motifs is 1. The van der Waals surface area contributed by atoms with Crippen molar-refractivity contribution < 1.29 is 22.4 Å². The fourth-order valence-electron chi connectivity index (χ4n) is 3.31. The summed E-state index contributed by atoms with van der Waals surface area (Å²) in [6.45, 7) is 1.65. The molecule has 1 unspecified atom stereocenters. The molecule has 0 radical (unpaired) electrons. The van der Waals surface area contributed by atoms with Gasteiger partial charge in [-0.2, -0.15) is 23.3 Å². The number of amides is 1. The van der Waals surface area contributed by atoms with Gasteiger partial charge in [0.25, 0.3) is 5.91 Å². The molecule has 0 fully saturated rings. The first-order chi connectivity index (χ1) is 14.2. The maximum atomic E-state index is 13.4. The summed E-state index contributed by atoms with van der Waals surface area (Å²) in [5, 5.41) is 9.62. The van der Waals surface area contributed by atoms with Gasteiger partial charge in [0.1, 0.15) is 18.2 Å². The van der Waals surface area contributed by atoms with Crippen molar-refractivity contribution in [2.75, 3.05) is 10.6 Å². The van der Waals surface area contributed by atoms with Crippen molar-refractivity contribution in [3.63, 3.8) is 0 Å². The van der Waals surface area contributed by atoms with Crippen LogP contribution in [0.15, 0.2) is 66.1 Å². The first-order valence-electron chi connectivity index (χ1n) is 8.85. The largest absolute Gasteiger partial charge is 0.416 e. The van der Waals surface area contributed by atoms with Crippen molar-refractivity contribution in [3.05, 3.63) is 83.1 Å². The number of allylic oxidation sites excluding steroid dienone is 1. The normalized spacial score (nSPS) is 16.1. The Kier molecular flexibility index (Phi) is 4.76. The number of halogens is 4. The Morgan fingerprint density at radius 2 is 1.90 bits per heavy atom. The Labute approximate surface area is 168 Å². The molecule has 0 aliphatic carbocycles. The number of alkyl halides is 3. The number of carbonyl (C=O) groups excluding carboxylic acids is 1. The SMILES string of the molecule is CC1=C(C(=O)Nc2cccc(C(F)(F)F)c2)C(c2ccc(F)cc2)n2ncnc2N1. The Morgan fingerprint density at radius 1 is 1.17 bits per heavy atom. The maximum absolute atomic E-state index is 13.4. The molecule has 30 heavy (non-hydrogen) atoms. The fraction of sp³-hybridized carbons (Fsp3) is 0.150. The lowest BCUT2D eigenvalue weighted by molar-refractivity contribution is -0.137. The molecule has 10 heteroatoms. The molecule has 1 atom stereocenters. The van der Waals surface area contributed by atoms with Crippen LogP contribution in [0.25, 0.3) is 0 Å². The third kappa shape index (κ3) is 3.63. The van der Waals surface area contributed by atoms with Crippen LogP contribution in [0.5, 0.6) is 0 Å². The molecule has 0 saturated carbocycles. The van der Waals surface area contributed by atoms with Gasteiger partial charge in [0, 0.05) is 11.4 Å². The monoisotopic (exact) mass is 417 g/mol. The molecule has 0 bridgehead atoms. The van der Waals surface area contributed by atoms with E-state index in [9.17, 15) is 22.4 Å². The summed E-state index contributed by atoms with van der Waals surface area (Å²) in [5.74, 6) is -0.672. The van der Waals surface area contributed by atoms with E-state index in [2.05, 4.69) is 20.7 Å². The second-order valence-electron chi connectivity index (χ2n) is 6.68. The summed E-state index contributed by atoms with van der Waals surface area (Å²) >= 11 is 0. The van der Waals surface area contributed by atoms with E-state index in [1.807, 2.05) is 0 Å². The first kappa shape index (κ1) is 19.6. The van der Waals surface area contributed by atoms with Gasteiger partial charge in [-0.3, -0.25) is 4.79 Å². The molecular weight excluding hydrogens is 402 g/mol. The summed E-state index contributed by atoms with van der Waals surface area (Å²) < 4.78 is 53.8. The van der Waals surface area contributed by atoms with E-state index in [-0.39, 0.29) is 11.3 Å². The minimum Gasteiger partial charge on any atom is -0.328 e. The summed E-state index contributed by atoms with van der Waals surface area (Å²) in [4.78, 5) is 17.2. The molecule has 4 rings (SSSR count). The van der Waals surface area contributed by atoms with Gasteiger partial charge in [-0.05, 0) is 42.8 Å². The van der Waals surface area contributed by atoms with Gasteiger partial charge < -0.3 is 10.6 Å². The molecule has 0 saturated heterocycles. The molecule has 0 spiro atoms. The first-order valence-corrected chi connectivity index (χ1v) is 8.85. The number of anilines is 2. The molecule has 6 nitrogen and oxygen atoms in total. The van der Waals surface area contributed by atoms with Crippen molar-refractivity contribution in [2.45, 2.75) is 19.1 Å². The molecule has 1 amide bonds. The summed E-state index contributed by atoms with van der Waals surface area (Å²) in [7, 11) is 0. The molecule has 1 aromatic heterocycles. The minimum absolute atomic E-state index is 0.00244. The number of nitrogens with zero attached hydrogens (tertiary/aromatic N) is 3. The topological polar surface area (TPSA) is 71.8 Å². The van der Waals surface area contributed by atoms with Crippen molar-refractivity contribution in [1.29, 1.82) is 0 Å². The molecule has 154 valence electrons. The van der Waals surface area contributed by atoms with Gasteiger partial charge in [0.05, 0.1) is 11.1 Å². The lowest BCUT2D eigenvalue weighted by atomic mass is 9.95. The zero-order valence-corrected chi connectivity index (χ0v) is 15.5. The highest BCUT2D eigenvalue weighted by Gasteiger charge is 2.34. The van der Waals surface area contributed by atoms with Gasteiger partial charge in [-0.15, -0.1) is 0 Å². The van der Waals surface area contributed by atoms with Gasteiger partial charge in [0.2, 0.25) is 5.95 Å². The van der Waals surface area contributed by atoms with E-state index >= 15 is 0 Å². The number of carbonyl (C=O) groups is 1. The van der Waals surface area contributed by atoms with Gasteiger partial charge in [0.15, 0.2) is 0 Å². The standard InChI is InChI=1S/C20H15F4N5O/c1-11-16(18(30)28-15-4-2-3-13(9-15)20(22,23)24)17(12-5-7-14(21)8-6-12)29-19(27-11)25-10-26-29/h2-10,17H,1H3,(H,28,30)(H,25,26,27). The van der Waals surface area contributed by atoms with Crippen LogP contribution in [-0.2, 0) is 11.0 Å². The average molecular weight is 417 g/mol. The van der Waals surface area contributed by atoms with Crippen LogP contribution in [0.3, 0.4) is 0 Å². The summed E-state index contributed by atoms with van der Waals surface area (Å²) in [6.07, 6.45) is -3.23. The highest BCUT2D eigenvalue weighted by atomic mass is 19.4. The van der Waals surface area contributed by atoms with E-state index in [1.165, 1.54) is 47.4 Å². The predicted octanol–water partition coefficient (Wildman–Crippen LogP) is 4.36. The zero-order valence-electron chi connectivity index (χ0n) is 15.5. The predicted molar refractivity (Wildman–Crippen MR) is 101 cm³/mol. The van der Waals surface area contributed by atoms with Crippen LogP contribution in [0, 0.1) is 5.82 Å². The van der Waals surface area contributed by atoms with Crippen LogP contribution < -0.4 is 10.6 Å². The molecule has 2 N–H and O–H groups in total. The Balaban J connectivity index is 1.72. The quantitative estimate of drug-likeness (QED) is 0.621. The molecule has 2 heterocycles. The smallest absolute Gasteiger partial charge is 0.328 e. The zero-order chi connectivity index (χ0) is 21.5. The third-order valence-corrected chi connectivity index (χ3v) is 4.67. The number of hydrogen-bond donors (Lipinski definition) is 2. The van der Waals surface area contributed by atoms with Gasteiger partial charge >= 0.3 is 6.18 Å². The van der Waals surface area contributed by atoms with E-state index in [0.29, 0.717) is 17.2 Å². The average Bonchev–Trinajstić information content (AvgIpc) is 3.15. The fourth-order valence-corrected chi connectivity index (χ4v) is 3.31. The Bertz CT molecular complexity index is 1130. The summed E-state index contributed by atoms with van der Waals surface area (Å²) in [6, 6.07) is 9.16. The van der Waals surface area contributed by atoms with Crippen LogP contribution in [0.1, 0.15) is 24.1 Å². The number of rotatable bonds is 3. The number of nitrogens with one attached hydrogen (secondary N) is 2. The van der Waals surface area contributed by atoms with E-state index in [0.717, 1.165) is 12.1 Å². The van der Waals surface area contributed by atoms with Gasteiger partial charge in [-0.1, -0.05) is 18.2 Å². The third-order valence-electron chi connectivity index (χ3n) is 4.67. The lowest BCUT2D eigenvalue weighted by Crippen LogP contribution is -2.31. The van der Waals surface area contributed by atoms with Gasteiger partial charge in [-0.25, -0.2) is 9.07 Å². The second-order valence-corrected chi connectivity index (χ2v) is 6.68.